The van der Waals surface area contributed by atoms with Crippen LogP contribution in [0, 0.1) is 5.82 Å². The van der Waals surface area contributed by atoms with Crippen molar-refractivity contribution < 1.29 is 14.2 Å². The summed E-state index contributed by atoms with van der Waals surface area (Å²) >= 11 is 0. The van der Waals surface area contributed by atoms with Gasteiger partial charge in [-0.25, -0.2) is 4.39 Å². The van der Waals surface area contributed by atoms with Crippen LogP contribution in [-0.2, 0) is 11.2 Å². The maximum Gasteiger partial charge on any atom is 0.123 e. The summed E-state index contributed by atoms with van der Waals surface area (Å²) in [5.41, 5.74) is 0.979. The Hall–Kier alpha value is -0.970. The predicted molar refractivity (Wildman–Crippen MR) is 70.1 cm³/mol. The van der Waals surface area contributed by atoms with E-state index in [1.807, 2.05) is 13.0 Å². The van der Waals surface area contributed by atoms with Gasteiger partial charge in [-0.1, -0.05) is 12.1 Å². The van der Waals surface area contributed by atoms with Crippen molar-refractivity contribution in [1.82, 2.24) is 5.32 Å². The van der Waals surface area contributed by atoms with Gasteiger partial charge in [-0.05, 0) is 44.0 Å². The fourth-order valence-corrected chi connectivity index (χ4v) is 1.86. The number of nitrogens with one attached hydrogen (secondary N) is 1. The fourth-order valence-electron chi connectivity index (χ4n) is 1.86. The van der Waals surface area contributed by atoms with Gasteiger partial charge in [0, 0.05) is 13.2 Å². The maximum atomic E-state index is 13.0. The second kappa shape index (κ2) is 8.19. The van der Waals surface area contributed by atoms with E-state index in [1.165, 1.54) is 6.07 Å². The lowest BCUT2D eigenvalue weighted by molar-refractivity contribution is 0.0591. The molecule has 102 valence electrons. The normalized spacial score (nSPS) is 14.4. The standard InChI is InChI=1S/C14H22FNO2/c1-11(16-7-6-14(17)10-18-2)8-12-4-3-5-13(15)9-12/h3-5,9,11,14,16-17H,6-8,10H2,1-2H3. The number of halogens is 1. The third-order valence-electron chi connectivity index (χ3n) is 2.76. The van der Waals surface area contributed by atoms with E-state index in [0.29, 0.717) is 13.0 Å². The molecule has 0 radical (unpaired) electrons. The van der Waals surface area contributed by atoms with Gasteiger partial charge in [0.2, 0.25) is 0 Å². The number of hydrogen-bond donors (Lipinski definition) is 2. The molecule has 0 aliphatic carbocycles. The molecule has 0 amide bonds. The van der Waals surface area contributed by atoms with Crippen molar-refractivity contribution in [2.45, 2.75) is 31.9 Å². The van der Waals surface area contributed by atoms with E-state index >= 15 is 0 Å². The van der Waals surface area contributed by atoms with E-state index in [-0.39, 0.29) is 11.9 Å². The van der Waals surface area contributed by atoms with Crippen LogP contribution in [0.2, 0.25) is 0 Å². The Morgan fingerprint density at radius 1 is 1.44 bits per heavy atom. The van der Waals surface area contributed by atoms with E-state index in [0.717, 1.165) is 18.5 Å². The number of ether oxygens (including phenoxy) is 1. The Kier molecular flexibility index (Phi) is 6.86. The molecule has 1 rings (SSSR count). The third-order valence-corrected chi connectivity index (χ3v) is 2.76. The van der Waals surface area contributed by atoms with Crippen molar-refractivity contribution in [2.24, 2.45) is 0 Å². The van der Waals surface area contributed by atoms with Crippen LogP contribution in [0.3, 0.4) is 0 Å². The summed E-state index contributed by atoms with van der Waals surface area (Å²) in [6.07, 6.45) is 1.00. The highest BCUT2D eigenvalue weighted by molar-refractivity contribution is 5.17. The summed E-state index contributed by atoms with van der Waals surface area (Å²) in [7, 11) is 1.57. The zero-order valence-electron chi connectivity index (χ0n) is 11.0. The van der Waals surface area contributed by atoms with Crippen LogP contribution in [-0.4, -0.2) is 37.5 Å². The van der Waals surface area contributed by atoms with Crippen LogP contribution < -0.4 is 5.32 Å². The molecule has 0 aliphatic rings. The van der Waals surface area contributed by atoms with Gasteiger partial charge in [0.1, 0.15) is 5.82 Å². The highest BCUT2D eigenvalue weighted by Crippen LogP contribution is 2.06. The van der Waals surface area contributed by atoms with E-state index in [2.05, 4.69) is 5.32 Å². The Morgan fingerprint density at radius 3 is 2.89 bits per heavy atom. The van der Waals surface area contributed by atoms with Gasteiger partial charge in [0.25, 0.3) is 0 Å². The molecule has 18 heavy (non-hydrogen) atoms. The van der Waals surface area contributed by atoms with Gasteiger partial charge < -0.3 is 15.2 Å². The predicted octanol–water partition coefficient (Wildman–Crippen LogP) is 1.74. The Balaban J connectivity index is 2.23. The molecular weight excluding hydrogens is 233 g/mol. The summed E-state index contributed by atoms with van der Waals surface area (Å²) in [4.78, 5) is 0. The second-order valence-electron chi connectivity index (χ2n) is 4.59. The highest BCUT2D eigenvalue weighted by atomic mass is 19.1. The highest BCUT2D eigenvalue weighted by Gasteiger charge is 2.06. The van der Waals surface area contributed by atoms with Gasteiger partial charge in [0.15, 0.2) is 0 Å². The summed E-state index contributed by atoms with van der Waals surface area (Å²) in [6.45, 7) is 3.13. The summed E-state index contributed by atoms with van der Waals surface area (Å²) < 4.78 is 17.8. The minimum Gasteiger partial charge on any atom is -0.391 e. The van der Waals surface area contributed by atoms with Crippen molar-refractivity contribution >= 4 is 0 Å². The molecular formula is C14H22FNO2. The van der Waals surface area contributed by atoms with Crippen LogP contribution in [0.4, 0.5) is 4.39 Å². The first-order valence-electron chi connectivity index (χ1n) is 6.26. The van der Waals surface area contributed by atoms with E-state index in [1.54, 1.807) is 19.2 Å². The smallest absolute Gasteiger partial charge is 0.123 e. The van der Waals surface area contributed by atoms with Crippen molar-refractivity contribution in [1.29, 1.82) is 0 Å². The number of methoxy groups -OCH3 is 1. The van der Waals surface area contributed by atoms with Gasteiger partial charge in [0.05, 0.1) is 12.7 Å². The van der Waals surface area contributed by atoms with E-state index < -0.39 is 6.10 Å². The lowest BCUT2D eigenvalue weighted by atomic mass is 10.1. The lowest BCUT2D eigenvalue weighted by Crippen LogP contribution is -2.31. The van der Waals surface area contributed by atoms with Crippen LogP contribution in [0.1, 0.15) is 18.9 Å². The molecule has 3 nitrogen and oxygen atoms in total. The largest absolute Gasteiger partial charge is 0.391 e. The summed E-state index contributed by atoms with van der Waals surface area (Å²) in [6, 6.07) is 6.89. The molecule has 2 unspecified atom stereocenters. The third kappa shape index (κ3) is 6.10. The molecule has 0 bridgehead atoms. The monoisotopic (exact) mass is 255 g/mol. The van der Waals surface area contributed by atoms with Gasteiger partial charge in [-0.3, -0.25) is 0 Å². The van der Waals surface area contributed by atoms with E-state index in [9.17, 15) is 9.50 Å². The molecule has 0 saturated carbocycles. The zero-order chi connectivity index (χ0) is 13.4. The Labute approximate surface area is 108 Å². The van der Waals surface area contributed by atoms with Crippen LogP contribution in [0.15, 0.2) is 24.3 Å². The van der Waals surface area contributed by atoms with Crippen LogP contribution in [0.5, 0.6) is 0 Å². The quantitative estimate of drug-likeness (QED) is 0.743. The molecule has 0 heterocycles. The van der Waals surface area contributed by atoms with Gasteiger partial charge in [-0.2, -0.15) is 0 Å². The van der Waals surface area contributed by atoms with Crippen LogP contribution >= 0.6 is 0 Å². The molecule has 2 atom stereocenters. The van der Waals surface area contributed by atoms with Crippen molar-refractivity contribution in [3.8, 4) is 0 Å². The minimum absolute atomic E-state index is 0.199. The molecule has 0 aliphatic heterocycles. The number of aliphatic hydroxyl groups is 1. The molecule has 0 saturated heterocycles. The molecule has 0 fully saturated rings. The molecule has 2 N–H and O–H groups in total. The van der Waals surface area contributed by atoms with Crippen molar-refractivity contribution in [2.75, 3.05) is 20.3 Å². The lowest BCUT2D eigenvalue weighted by Gasteiger charge is -2.15. The summed E-state index contributed by atoms with van der Waals surface area (Å²) in [5.74, 6) is -0.199. The number of rotatable bonds is 8. The first-order valence-corrected chi connectivity index (χ1v) is 6.26. The van der Waals surface area contributed by atoms with Crippen molar-refractivity contribution in [3.63, 3.8) is 0 Å². The SMILES string of the molecule is COCC(O)CCNC(C)Cc1cccc(F)c1. The number of hydrogen-bond acceptors (Lipinski definition) is 3. The molecule has 0 spiro atoms. The maximum absolute atomic E-state index is 13.0. The average Bonchev–Trinajstić information content (AvgIpc) is 2.29. The van der Waals surface area contributed by atoms with E-state index in [4.69, 9.17) is 4.74 Å². The first kappa shape index (κ1) is 15.1. The molecule has 4 heteroatoms. The average molecular weight is 255 g/mol. The first-order chi connectivity index (χ1) is 8.61. The Morgan fingerprint density at radius 2 is 2.22 bits per heavy atom. The van der Waals surface area contributed by atoms with Crippen LogP contribution in [0.25, 0.3) is 0 Å². The zero-order valence-corrected chi connectivity index (χ0v) is 11.0. The molecule has 1 aromatic carbocycles. The number of aliphatic hydroxyl groups excluding tert-OH is 1. The Bertz CT molecular complexity index is 346. The number of benzene rings is 1. The summed E-state index contributed by atoms with van der Waals surface area (Å²) in [5, 5.41) is 12.8. The van der Waals surface area contributed by atoms with Gasteiger partial charge >= 0.3 is 0 Å². The van der Waals surface area contributed by atoms with Gasteiger partial charge in [-0.15, -0.1) is 0 Å². The molecule has 1 aromatic rings. The van der Waals surface area contributed by atoms with Crippen molar-refractivity contribution in [3.05, 3.63) is 35.6 Å². The molecule has 0 aromatic heterocycles. The topological polar surface area (TPSA) is 41.5 Å². The second-order valence-corrected chi connectivity index (χ2v) is 4.59. The fraction of sp³-hybridized carbons (Fsp3) is 0.571. The minimum atomic E-state index is -0.427.